The van der Waals surface area contributed by atoms with E-state index in [1.807, 2.05) is 40.9 Å². The molecule has 2 aromatic rings. The topological polar surface area (TPSA) is 33.2 Å². The number of halogens is 1. The highest BCUT2D eigenvalue weighted by molar-refractivity contribution is 7.99. The highest BCUT2D eigenvalue weighted by Crippen LogP contribution is 2.25. The van der Waals surface area contributed by atoms with Crippen LogP contribution in [0.5, 0.6) is 0 Å². The van der Waals surface area contributed by atoms with Crippen molar-refractivity contribution < 1.29 is 4.79 Å². The molecule has 1 atom stereocenters. The summed E-state index contributed by atoms with van der Waals surface area (Å²) >= 11 is 7.96. The molecule has 0 bridgehead atoms. The maximum absolute atomic E-state index is 12.7. The van der Waals surface area contributed by atoms with Crippen LogP contribution in [0.25, 0.3) is 10.9 Å². The van der Waals surface area contributed by atoms with Crippen LogP contribution in [0.2, 0.25) is 5.15 Å². The third-order valence-electron chi connectivity index (χ3n) is 3.44. The second-order valence-corrected chi connectivity index (χ2v) is 6.88. The molecule has 1 saturated heterocycles. The summed E-state index contributed by atoms with van der Waals surface area (Å²) in [5, 5.41) is 1.72. The lowest BCUT2D eigenvalue weighted by atomic mass is 10.1. The lowest BCUT2D eigenvalue weighted by molar-refractivity contribution is 0.0765. The van der Waals surface area contributed by atoms with Gasteiger partial charge in [-0.05, 0) is 12.1 Å². The summed E-state index contributed by atoms with van der Waals surface area (Å²) in [7, 11) is 0. The molecule has 1 aromatic heterocycles. The second kappa shape index (κ2) is 5.62. The van der Waals surface area contributed by atoms with E-state index >= 15 is 0 Å². The van der Waals surface area contributed by atoms with Crippen LogP contribution < -0.4 is 0 Å². The Hall–Kier alpha value is -1.26. The number of benzene rings is 1. The molecule has 1 fully saturated rings. The third-order valence-corrected chi connectivity index (χ3v) is 4.77. The normalized spacial score (nSPS) is 19.3. The van der Waals surface area contributed by atoms with Crippen molar-refractivity contribution in [1.29, 1.82) is 0 Å². The van der Waals surface area contributed by atoms with Crippen molar-refractivity contribution >= 4 is 40.2 Å². The molecule has 1 aliphatic rings. The summed E-state index contributed by atoms with van der Waals surface area (Å²) in [5.74, 6) is 1.04. The molecular formula is C15H15ClN2OS. The van der Waals surface area contributed by atoms with Gasteiger partial charge in [0.25, 0.3) is 5.91 Å². The number of carbonyl (C=O) groups excluding carboxylic acids is 1. The number of rotatable bonds is 1. The molecule has 3 rings (SSSR count). The van der Waals surface area contributed by atoms with Crippen LogP contribution in [0, 0.1) is 0 Å². The van der Waals surface area contributed by atoms with Crippen molar-refractivity contribution in [3.8, 4) is 0 Å². The van der Waals surface area contributed by atoms with E-state index in [9.17, 15) is 4.79 Å². The minimum absolute atomic E-state index is 0.0534. The molecule has 104 valence electrons. The van der Waals surface area contributed by atoms with Crippen LogP contribution in [0.15, 0.2) is 30.3 Å². The molecule has 0 aliphatic carbocycles. The predicted octanol–water partition coefficient (Wildman–Crippen LogP) is 3.47. The third kappa shape index (κ3) is 2.63. The largest absolute Gasteiger partial charge is 0.337 e. The Morgan fingerprint density at radius 1 is 1.45 bits per heavy atom. The number of amides is 1. The summed E-state index contributed by atoms with van der Waals surface area (Å²) in [5.41, 5.74) is 1.42. The van der Waals surface area contributed by atoms with Crippen molar-refractivity contribution in [1.82, 2.24) is 9.88 Å². The molecule has 5 heteroatoms. The molecule has 1 amide bonds. The van der Waals surface area contributed by atoms with Gasteiger partial charge >= 0.3 is 0 Å². The van der Waals surface area contributed by atoms with E-state index in [0.29, 0.717) is 16.0 Å². The average Bonchev–Trinajstić information content (AvgIpc) is 2.45. The monoisotopic (exact) mass is 306 g/mol. The minimum atomic E-state index is 0.0534. The van der Waals surface area contributed by atoms with Gasteiger partial charge in [0.1, 0.15) is 5.15 Å². The Morgan fingerprint density at radius 2 is 2.25 bits per heavy atom. The van der Waals surface area contributed by atoms with Crippen molar-refractivity contribution in [3.63, 3.8) is 0 Å². The Bertz CT molecular complexity index is 661. The van der Waals surface area contributed by atoms with Crippen LogP contribution in [-0.2, 0) is 0 Å². The van der Waals surface area contributed by atoms with E-state index in [1.54, 1.807) is 6.07 Å². The van der Waals surface area contributed by atoms with E-state index in [0.717, 1.165) is 29.7 Å². The summed E-state index contributed by atoms with van der Waals surface area (Å²) in [6.45, 7) is 3.74. The van der Waals surface area contributed by atoms with Crippen LogP contribution in [0.3, 0.4) is 0 Å². The molecule has 1 aromatic carbocycles. The molecule has 0 radical (unpaired) electrons. The van der Waals surface area contributed by atoms with Crippen molar-refractivity contribution in [3.05, 3.63) is 41.0 Å². The summed E-state index contributed by atoms with van der Waals surface area (Å²) in [6, 6.07) is 9.31. The van der Waals surface area contributed by atoms with Gasteiger partial charge in [0.15, 0.2) is 0 Å². The zero-order valence-corrected chi connectivity index (χ0v) is 12.7. The fourth-order valence-electron chi connectivity index (χ4n) is 2.49. The van der Waals surface area contributed by atoms with E-state index in [4.69, 9.17) is 11.6 Å². The number of thioether (sulfide) groups is 1. The van der Waals surface area contributed by atoms with Gasteiger partial charge in [-0.15, -0.1) is 0 Å². The number of para-hydroxylation sites is 1. The lowest BCUT2D eigenvalue weighted by Gasteiger charge is -2.30. The van der Waals surface area contributed by atoms with Gasteiger partial charge in [0.05, 0.1) is 11.1 Å². The molecule has 3 nitrogen and oxygen atoms in total. The van der Waals surface area contributed by atoms with Gasteiger partial charge in [-0.3, -0.25) is 4.79 Å². The molecule has 20 heavy (non-hydrogen) atoms. The fourth-order valence-corrected chi connectivity index (χ4v) is 3.71. The van der Waals surface area contributed by atoms with Crippen molar-refractivity contribution in [2.24, 2.45) is 0 Å². The zero-order valence-electron chi connectivity index (χ0n) is 11.2. The molecular weight excluding hydrogens is 292 g/mol. The first-order valence-corrected chi connectivity index (χ1v) is 8.04. The van der Waals surface area contributed by atoms with Crippen LogP contribution in [-0.4, -0.2) is 39.9 Å². The maximum Gasteiger partial charge on any atom is 0.254 e. The molecule has 0 saturated carbocycles. The van der Waals surface area contributed by atoms with Crippen LogP contribution >= 0.6 is 23.4 Å². The number of aromatic nitrogens is 1. The van der Waals surface area contributed by atoms with Crippen molar-refractivity contribution in [2.75, 3.05) is 18.8 Å². The maximum atomic E-state index is 12.7. The predicted molar refractivity (Wildman–Crippen MR) is 84.6 cm³/mol. The SMILES string of the molecule is CC1CN(C(=O)c2cc(Cl)nc3ccccc23)CCS1. The quantitative estimate of drug-likeness (QED) is 0.756. The van der Waals surface area contributed by atoms with Gasteiger partial charge in [0.2, 0.25) is 0 Å². The first kappa shape index (κ1) is 13.7. The van der Waals surface area contributed by atoms with E-state index in [-0.39, 0.29) is 5.91 Å². The molecule has 2 heterocycles. The smallest absolute Gasteiger partial charge is 0.254 e. The highest BCUT2D eigenvalue weighted by atomic mass is 35.5. The lowest BCUT2D eigenvalue weighted by Crippen LogP contribution is -2.41. The van der Waals surface area contributed by atoms with E-state index in [2.05, 4.69) is 11.9 Å². The Balaban J connectivity index is 2.02. The number of fused-ring (bicyclic) bond motifs is 1. The number of nitrogens with zero attached hydrogens (tertiary/aromatic N) is 2. The first-order chi connectivity index (χ1) is 9.65. The molecule has 1 aliphatic heterocycles. The summed E-state index contributed by atoms with van der Waals surface area (Å²) < 4.78 is 0. The Labute approximate surface area is 127 Å². The number of carbonyl (C=O) groups is 1. The Kier molecular flexibility index (Phi) is 3.85. The van der Waals surface area contributed by atoms with Gasteiger partial charge < -0.3 is 4.90 Å². The van der Waals surface area contributed by atoms with E-state index in [1.165, 1.54) is 0 Å². The number of pyridine rings is 1. The van der Waals surface area contributed by atoms with Gasteiger partial charge in [-0.1, -0.05) is 36.7 Å². The zero-order chi connectivity index (χ0) is 14.1. The van der Waals surface area contributed by atoms with E-state index < -0.39 is 0 Å². The number of hydrogen-bond donors (Lipinski definition) is 0. The molecule has 0 spiro atoms. The average molecular weight is 307 g/mol. The van der Waals surface area contributed by atoms with Crippen LogP contribution in [0.4, 0.5) is 0 Å². The molecule has 1 unspecified atom stereocenters. The van der Waals surface area contributed by atoms with Gasteiger partial charge in [-0.25, -0.2) is 4.98 Å². The summed E-state index contributed by atoms with van der Waals surface area (Å²) in [6.07, 6.45) is 0. The minimum Gasteiger partial charge on any atom is -0.337 e. The van der Waals surface area contributed by atoms with Gasteiger partial charge in [0, 0.05) is 29.5 Å². The fraction of sp³-hybridized carbons (Fsp3) is 0.333. The Morgan fingerprint density at radius 3 is 3.05 bits per heavy atom. The van der Waals surface area contributed by atoms with Crippen molar-refractivity contribution in [2.45, 2.75) is 12.2 Å². The molecule has 0 N–H and O–H groups in total. The standard InChI is InChI=1S/C15H15ClN2OS/c1-10-9-18(6-7-20-10)15(19)12-8-14(16)17-13-5-3-2-4-11(12)13/h2-5,8,10H,6-7,9H2,1H3. The van der Waals surface area contributed by atoms with Crippen LogP contribution in [0.1, 0.15) is 17.3 Å². The van der Waals surface area contributed by atoms with Gasteiger partial charge in [-0.2, -0.15) is 11.8 Å². The highest BCUT2D eigenvalue weighted by Gasteiger charge is 2.24. The second-order valence-electron chi connectivity index (χ2n) is 4.94. The number of hydrogen-bond acceptors (Lipinski definition) is 3. The summed E-state index contributed by atoms with van der Waals surface area (Å²) in [4.78, 5) is 18.9. The first-order valence-electron chi connectivity index (χ1n) is 6.61.